The van der Waals surface area contributed by atoms with Gasteiger partial charge in [-0.05, 0) is 25.0 Å². The molecule has 2 nitrogen and oxygen atoms in total. The number of aromatic hydroxyl groups is 1. The van der Waals surface area contributed by atoms with Crippen LogP contribution in [0.4, 0.5) is 5.69 Å². The van der Waals surface area contributed by atoms with E-state index in [9.17, 15) is 5.11 Å². The first kappa shape index (κ1) is 7.74. The van der Waals surface area contributed by atoms with Crippen LogP contribution in [0.25, 0.3) is 0 Å². The molecule has 0 fully saturated rings. The maximum absolute atomic E-state index is 9.48. The van der Waals surface area contributed by atoms with Gasteiger partial charge in [-0.1, -0.05) is 11.6 Å². The van der Waals surface area contributed by atoms with E-state index in [4.69, 9.17) is 11.6 Å². The predicted molar refractivity (Wildman–Crippen MR) is 49.9 cm³/mol. The summed E-state index contributed by atoms with van der Waals surface area (Å²) in [6.45, 7) is 0.941. The molecule has 0 bridgehead atoms. The van der Waals surface area contributed by atoms with Gasteiger partial charge in [-0.2, -0.15) is 0 Å². The van der Waals surface area contributed by atoms with Crippen LogP contribution in [0.2, 0.25) is 5.02 Å². The number of phenols is 1. The molecule has 0 amide bonds. The highest BCUT2D eigenvalue weighted by molar-refractivity contribution is 6.33. The number of halogens is 1. The minimum atomic E-state index is 0.349. The van der Waals surface area contributed by atoms with Crippen molar-refractivity contribution in [1.29, 1.82) is 0 Å². The van der Waals surface area contributed by atoms with E-state index in [0.29, 0.717) is 10.8 Å². The predicted octanol–water partition coefficient (Wildman–Crippen LogP) is 2.40. The molecule has 1 aliphatic heterocycles. The molecule has 0 radical (unpaired) electrons. The molecule has 0 saturated heterocycles. The number of benzene rings is 1. The van der Waals surface area contributed by atoms with Gasteiger partial charge >= 0.3 is 0 Å². The lowest BCUT2D eigenvalue weighted by Gasteiger charge is -2.19. The molecule has 0 aromatic heterocycles. The average Bonchev–Trinajstić information content (AvgIpc) is 2.12. The summed E-state index contributed by atoms with van der Waals surface area (Å²) in [5.41, 5.74) is 1.86. The van der Waals surface area contributed by atoms with Gasteiger partial charge in [0.15, 0.2) is 0 Å². The van der Waals surface area contributed by atoms with Crippen LogP contribution in [0.5, 0.6) is 5.75 Å². The molecule has 1 heterocycles. The third-order valence-electron chi connectivity index (χ3n) is 2.14. The smallest absolute Gasteiger partial charge is 0.120 e. The van der Waals surface area contributed by atoms with Gasteiger partial charge in [-0.3, -0.25) is 0 Å². The van der Waals surface area contributed by atoms with Crippen molar-refractivity contribution in [3.63, 3.8) is 0 Å². The lowest BCUT2D eigenvalue weighted by Crippen LogP contribution is -2.12. The van der Waals surface area contributed by atoms with E-state index in [2.05, 4.69) is 5.32 Å². The van der Waals surface area contributed by atoms with E-state index in [0.717, 1.165) is 30.6 Å². The highest BCUT2D eigenvalue weighted by Gasteiger charge is 2.14. The van der Waals surface area contributed by atoms with E-state index < -0.39 is 0 Å². The molecule has 64 valence electrons. The summed E-state index contributed by atoms with van der Waals surface area (Å²) in [4.78, 5) is 0. The molecular weight excluding hydrogens is 174 g/mol. The van der Waals surface area contributed by atoms with E-state index in [1.165, 1.54) is 0 Å². The van der Waals surface area contributed by atoms with Crippen LogP contribution in [-0.2, 0) is 6.42 Å². The molecule has 1 aromatic rings. The number of anilines is 1. The highest BCUT2D eigenvalue weighted by atomic mass is 35.5. The van der Waals surface area contributed by atoms with Gasteiger partial charge in [-0.25, -0.2) is 0 Å². The Bertz CT molecular complexity index is 281. The second-order valence-electron chi connectivity index (χ2n) is 2.95. The van der Waals surface area contributed by atoms with Gasteiger partial charge in [0.25, 0.3) is 0 Å². The van der Waals surface area contributed by atoms with Gasteiger partial charge in [0, 0.05) is 12.1 Å². The van der Waals surface area contributed by atoms with Crippen molar-refractivity contribution in [3.05, 3.63) is 22.7 Å². The van der Waals surface area contributed by atoms with Gasteiger partial charge in [0.2, 0.25) is 0 Å². The lowest BCUT2D eigenvalue weighted by molar-refractivity contribution is 0.466. The third-order valence-corrected chi connectivity index (χ3v) is 2.46. The number of rotatable bonds is 0. The molecule has 2 rings (SSSR count). The monoisotopic (exact) mass is 183 g/mol. The fourth-order valence-corrected chi connectivity index (χ4v) is 1.77. The average molecular weight is 184 g/mol. The van der Waals surface area contributed by atoms with Crippen molar-refractivity contribution in [1.82, 2.24) is 0 Å². The molecular formula is C9H10ClNO. The van der Waals surface area contributed by atoms with Crippen molar-refractivity contribution >= 4 is 17.3 Å². The van der Waals surface area contributed by atoms with Gasteiger partial charge in [0.1, 0.15) is 5.75 Å². The Labute approximate surface area is 76.2 Å². The topological polar surface area (TPSA) is 32.3 Å². The van der Waals surface area contributed by atoms with Crippen LogP contribution in [0.15, 0.2) is 12.1 Å². The molecule has 0 aliphatic carbocycles. The molecule has 3 heteroatoms. The minimum Gasteiger partial charge on any atom is -0.508 e. The fraction of sp³-hybridized carbons (Fsp3) is 0.333. The Kier molecular flexibility index (Phi) is 1.85. The molecule has 1 aliphatic rings. The first-order valence-corrected chi connectivity index (χ1v) is 4.41. The number of phenolic OH excluding ortho intramolecular Hbond substituents is 1. The summed E-state index contributed by atoms with van der Waals surface area (Å²) in [5.74, 6) is 0.349. The summed E-state index contributed by atoms with van der Waals surface area (Å²) in [5, 5.41) is 13.4. The van der Waals surface area contributed by atoms with Crippen molar-refractivity contribution in [2.24, 2.45) is 0 Å². The van der Waals surface area contributed by atoms with E-state index in [1.807, 2.05) is 0 Å². The van der Waals surface area contributed by atoms with E-state index >= 15 is 0 Å². The van der Waals surface area contributed by atoms with Crippen molar-refractivity contribution in [2.45, 2.75) is 12.8 Å². The first-order chi connectivity index (χ1) is 5.79. The van der Waals surface area contributed by atoms with Gasteiger partial charge < -0.3 is 10.4 Å². The van der Waals surface area contributed by atoms with Crippen LogP contribution in [0.1, 0.15) is 12.0 Å². The fourth-order valence-electron chi connectivity index (χ4n) is 1.53. The van der Waals surface area contributed by atoms with Gasteiger partial charge in [-0.15, -0.1) is 0 Å². The summed E-state index contributed by atoms with van der Waals surface area (Å²) in [6.07, 6.45) is 1.97. The standard InChI is InChI=1S/C9H10ClNO/c10-7-3-4-8(12)6-2-1-5-11-9(6)7/h3-4,11-12H,1-2,5H2. The largest absolute Gasteiger partial charge is 0.508 e. The van der Waals surface area contributed by atoms with Crippen LogP contribution < -0.4 is 5.32 Å². The molecule has 2 N–H and O–H groups in total. The second kappa shape index (κ2) is 2.87. The SMILES string of the molecule is Oc1ccc(Cl)c2c1CCCN2. The van der Waals surface area contributed by atoms with Crippen LogP contribution in [0.3, 0.4) is 0 Å². The normalized spacial score (nSPS) is 15.1. The van der Waals surface area contributed by atoms with Crippen molar-refractivity contribution in [3.8, 4) is 5.75 Å². The summed E-state index contributed by atoms with van der Waals surface area (Å²) < 4.78 is 0. The Balaban J connectivity index is 2.57. The Hall–Kier alpha value is -0.890. The maximum Gasteiger partial charge on any atom is 0.120 e. The Morgan fingerprint density at radius 2 is 2.25 bits per heavy atom. The Morgan fingerprint density at radius 1 is 1.42 bits per heavy atom. The number of hydrogen-bond acceptors (Lipinski definition) is 2. The van der Waals surface area contributed by atoms with E-state index in [1.54, 1.807) is 12.1 Å². The lowest BCUT2D eigenvalue weighted by atomic mass is 10.0. The summed E-state index contributed by atoms with van der Waals surface area (Å²) in [6, 6.07) is 3.36. The Morgan fingerprint density at radius 3 is 3.00 bits per heavy atom. The molecule has 0 unspecified atom stereocenters. The summed E-state index contributed by atoms with van der Waals surface area (Å²) in [7, 11) is 0. The van der Waals surface area contributed by atoms with Crippen LogP contribution >= 0.6 is 11.6 Å². The molecule has 0 atom stereocenters. The number of hydrogen-bond donors (Lipinski definition) is 2. The molecule has 0 saturated carbocycles. The van der Waals surface area contributed by atoms with Crippen molar-refractivity contribution in [2.75, 3.05) is 11.9 Å². The maximum atomic E-state index is 9.48. The zero-order valence-electron chi connectivity index (χ0n) is 6.60. The van der Waals surface area contributed by atoms with Crippen LogP contribution in [-0.4, -0.2) is 11.7 Å². The van der Waals surface area contributed by atoms with Gasteiger partial charge in [0.05, 0.1) is 10.7 Å². The van der Waals surface area contributed by atoms with Crippen LogP contribution in [0, 0.1) is 0 Å². The first-order valence-electron chi connectivity index (χ1n) is 4.03. The molecule has 12 heavy (non-hydrogen) atoms. The molecule has 0 spiro atoms. The zero-order valence-corrected chi connectivity index (χ0v) is 7.36. The van der Waals surface area contributed by atoms with E-state index in [-0.39, 0.29) is 0 Å². The summed E-state index contributed by atoms with van der Waals surface area (Å²) >= 11 is 5.94. The highest BCUT2D eigenvalue weighted by Crippen LogP contribution is 2.35. The second-order valence-corrected chi connectivity index (χ2v) is 3.36. The third kappa shape index (κ3) is 1.12. The zero-order chi connectivity index (χ0) is 8.55. The number of fused-ring (bicyclic) bond motifs is 1. The number of nitrogens with one attached hydrogen (secondary N) is 1. The van der Waals surface area contributed by atoms with Crippen molar-refractivity contribution < 1.29 is 5.11 Å². The molecule has 1 aromatic carbocycles. The minimum absolute atomic E-state index is 0.349. The quantitative estimate of drug-likeness (QED) is 0.648.